The quantitative estimate of drug-likeness (QED) is 0.900. The fourth-order valence-electron chi connectivity index (χ4n) is 1.96. The van der Waals surface area contributed by atoms with Gasteiger partial charge in [-0.05, 0) is 31.1 Å². The summed E-state index contributed by atoms with van der Waals surface area (Å²) in [4.78, 5) is 0.154. The van der Waals surface area contributed by atoms with Gasteiger partial charge >= 0.3 is 0 Å². The molecule has 0 saturated carbocycles. The monoisotopic (exact) mass is 272 g/mol. The Morgan fingerprint density at radius 2 is 2.00 bits per heavy atom. The molecule has 1 heterocycles. The van der Waals surface area contributed by atoms with Gasteiger partial charge in [-0.3, -0.25) is 0 Å². The molecule has 0 spiro atoms. The van der Waals surface area contributed by atoms with Crippen LogP contribution in [-0.2, 0) is 9.84 Å². The molecular weight excluding hydrogens is 260 g/mol. The average Bonchev–Trinajstić information content (AvgIpc) is 2.36. The molecule has 0 aliphatic carbocycles. The Hall–Kier alpha value is -0.840. The largest absolute Gasteiger partial charge is 0.390 e. The fraction of sp³-hybridized carbons (Fsp3) is 0.333. The maximum absolute atomic E-state index is 11.9. The van der Waals surface area contributed by atoms with Crippen molar-refractivity contribution in [2.45, 2.75) is 30.8 Å². The summed E-state index contributed by atoms with van der Waals surface area (Å²) in [5.74, 6) is 0. The summed E-state index contributed by atoms with van der Waals surface area (Å²) in [5, 5.41) is 11.2. The van der Waals surface area contributed by atoms with Crippen molar-refractivity contribution in [1.29, 1.82) is 0 Å². The summed E-state index contributed by atoms with van der Waals surface area (Å²) in [7, 11) is -3.46. The molecule has 0 aromatic heterocycles. The summed E-state index contributed by atoms with van der Waals surface area (Å²) in [5.41, 5.74) is 0.250. The molecule has 2 rings (SSSR count). The molecule has 1 aliphatic heterocycles. The molecule has 1 N–H and O–H groups in total. The van der Waals surface area contributed by atoms with E-state index in [4.69, 9.17) is 11.6 Å². The van der Waals surface area contributed by atoms with Crippen LogP contribution in [0.15, 0.2) is 28.5 Å². The van der Waals surface area contributed by atoms with Crippen LogP contribution in [0.3, 0.4) is 0 Å². The molecule has 17 heavy (non-hydrogen) atoms. The number of aliphatic hydroxyl groups is 1. The molecule has 3 nitrogen and oxygen atoms in total. The van der Waals surface area contributed by atoms with Crippen LogP contribution in [0.1, 0.15) is 25.8 Å². The maximum atomic E-state index is 11.9. The SMILES string of the molecule is CC(C)(O)CC1=CS(=O)(=O)c2c(Cl)cccc21. The minimum absolute atomic E-state index is 0.154. The number of hydrogen-bond acceptors (Lipinski definition) is 3. The van der Waals surface area contributed by atoms with Crippen LogP contribution < -0.4 is 0 Å². The van der Waals surface area contributed by atoms with E-state index in [1.54, 1.807) is 32.0 Å². The van der Waals surface area contributed by atoms with Gasteiger partial charge in [0.05, 0.1) is 15.5 Å². The summed E-state index contributed by atoms with van der Waals surface area (Å²) in [6.45, 7) is 3.28. The van der Waals surface area contributed by atoms with Crippen molar-refractivity contribution in [3.05, 3.63) is 34.2 Å². The average molecular weight is 273 g/mol. The lowest BCUT2D eigenvalue weighted by Crippen LogP contribution is -2.18. The number of sulfone groups is 1. The van der Waals surface area contributed by atoms with Crippen LogP contribution in [0.5, 0.6) is 0 Å². The second-order valence-corrected chi connectivity index (χ2v) is 6.93. The van der Waals surface area contributed by atoms with E-state index in [1.807, 2.05) is 0 Å². The van der Waals surface area contributed by atoms with E-state index in [0.29, 0.717) is 11.1 Å². The minimum Gasteiger partial charge on any atom is -0.390 e. The lowest BCUT2D eigenvalue weighted by atomic mass is 9.95. The lowest BCUT2D eigenvalue weighted by molar-refractivity contribution is 0.0864. The Bertz CT molecular complexity index is 595. The molecule has 92 valence electrons. The molecule has 0 fully saturated rings. The molecule has 1 aromatic rings. The third-order valence-electron chi connectivity index (χ3n) is 2.52. The van der Waals surface area contributed by atoms with Gasteiger partial charge in [-0.2, -0.15) is 0 Å². The van der Waals surface area contributed by atoms with Gasteiger partial charge in [0, 0.05) is 11.8 Å². The van der Waals surface area contributed by atoms with Gasteiger partial charge in [0.2, 0.25) is 9.84 Å². The zero-order valence-corrected chi connectivity index (χ0v) is 11.1. The van der Waals surface area contributed by atoms with Gasteiger partial charge in [0.1, 0.15) is 0 Å². The number of fused-ring (bicyclic) bond motifs is 1. The van der Waals surface area contributed by atoms with E-state index < -0.39 is 15.4 Å². The Morgan fingerprint density at radius 1 is 1.35 bits per heavy atom. The zero-order valence-electron chi connectivity index (χ0n) is 9.57. The highest BCUT2D eigenvalue weighted by Crippen LogP contribution is 2.40. The van der Waals surface area contributed by atoms with Crippen molar-refractivity contribution in [3.8, 4) is 0 Å². The lowest BCUT2D eigenvalue weighted by Gasteiger charge is -2.17. The topological polar surface area (TPSA) is 54.4 Å². The molecule has 0 bridgehead atoms. The Labute approximate surface area is 106 Å². The first-order valence-corrected chi connectivity index (χ1v) is 7.10. The third-order valence-corrected chi connectivity index (χ3v) is 4.55. The Balaban J connectivity index is 2.59. The molecular formula is C12H13ClO3S. The number of benzene rings is 1. The van der Waals surface area contributed by atoms with E-state index in [-0.39, 0.29) is 16.3 Å². The van der Waals surface area contributed by atoms with Crippen LogP contribution in [-0.4, -0.2) is 19.1 Å². The minimum atomic E-state index is -3.46. The Kier molecular flexibility index (Phi) is 2.84. The van der Waals surface area contributed by atoms with Gasteiger partial charge < -0.3 is 5.11 Å². The van der Waals surface area contributed by atoms with Crippen molar-refractivity contribution >= 4 is 27.0 Å². The van der Waals surface area contributed by atoms with Gasteiger partial charge in [-0.15, -0.1) is 0 Å². The maximum Gasteiger partial charge on any atom is 0.202 e. The predicted molar refractivity (Wildman–Crippen MR) is 67.5 cm³/mol. The fourth-order valence-corrected chi connectivity index (χ4v) is 4.01. The van der Waals surface area contributed by atoms with Crippen molar-refractivity contribution in [1.82, 2.24) is 0 Å². The van der Waals surface area contributed by atoms with E-state index in [0.717, 1.165) is 0 Å². The third kappa shape index (κ3) is 2.39. The van der Waals surface area contributed by atoms with E-state index in [2.05, 4.69) is 0 Å². The van der Waals surface area contributed by atoms with Crippen molar-refractivity contribution in [2.24, 2.45) is 0 Å². The van der Waals surface area contributed by atoms with E-state index in [9.17, 15) is 13.5 Å². The first-order chi connectivity index (χ1) is 7.71. The van der Waals surface area contributed by atoms with E-state index >= 15 is 0 Å². The summed E-state index contributed by atoms with van der Waals surface area (Å²) in [6.07, 6.45) is 0.277. The molecule has 0 amide bonds. The molecule has 0 atom stereocenters. The normalized spacial score (nSPS) is 17.8. The first kappa shape index (κ1) is 12.6. The summed E-state index contributed by atoms with van der Waals surface area (Å²) in [6, 6.07) is 4.97. The van der Waals surface area contributed by atoms with Gasteiger partial charge in [-0.1, -0.05) is 23.7 Å². The molecule has 1 aromatic carbocycles. The molecule has 0 saturated heterocycles. The highest BCUT2D eigenvalue weighted by molar-refractivity contribution is 7.95. The molecule has 5 heteroatoms. The second-order valence-electron chi connectivity index (χ2n) is 4.79. The number of halogens is 1. The van der Waals surface area contributed by atoms with Gasteiger partial charge in [0.15, 0.2) is 0 Å². The van der Waals surface area contributed by atoms with Crippen molar-refractivity contribution in [2.75, 3.05) is 0 Å². The highest BCUT2D eigenvalue weighted by atomic mass is 35.5. The van der Waals surface area contributed by atoms with Crippen LogP contribution in [0.4, 0.5) is 0 Å². The van der Waals surface area contributed by atoms with Crippen LogP contribution in [0.25, 0.3) is 5.57 Å². The zero-order chi connectivity index (χ0) is 12.8. The summed E-state index contributed by atoms with van der Waals surface area (Å²) >= 11 is 5.92. The molecule has 1 aliphatic rings. The standard InChI is InChI=1S/C12H13ClO3S/c1-12(2,14)6-8-7-17(15,16)11-9(8)4-3-5-10(11)13/h3-5,7,14H,6H2,1-2H3. The second kappa shape index (κ2) is 3.83. The van der Waals surface area contributed by atoms with Gasteiger partial charge in [0.25, 0.3) is 0 Å². The smallest absolute Gasteiger partial charge is 0.202 e. The van der Waals surface area contributed by atoms with Crippen LogP contribution >= 0.6 is 11.6 Å². The molecule has 0 unspecified atom stereocenters. The highest BCUT2D eigenvalue weighted by Gasteiger charge is 2.31. The van der Waals surface area contributed by atoms with Crippen molar-refractivity contribution < 1.29 is 13.5 Å². The van der Waals surface area contributed by atoms with Gasteiger partial charge in [-0.25, -0.2) is 8.42 Å². The van der Waals surface area contributed by atoms with Crippen LogP contribution in [0, 0.1) is 0 Å². The number of rotatable bonds is 2. The summed E-state index contributed by atoms with van der Waals surface area (Å²) < 4.78 is 23.9. The molecule has 0 radical (unpaired) electrons. The predicted octanol–water partition coefficient (Wildman–Crippen LogP) is 2.63. The Morgan fingerprint density at radius 3 is 2.59 bits per heavy atom. The first-order valence-electron chi connectivity index (χ1n) is 5.18. The van der Waals surface area contributed by atoms with Crippen molar-refractivity contribution in [3.63, 3.8) is 0 Å². The number of hydrogen-bond donors (Lipinski definition) is 1. The van der Waals surface area contributed by atoms with E-state index in [1.165, 1.54) is 5.41 Å². The van der Waals surface area contributed by atoms with Crippen LogP contribution in [0.2, 0.25) is 5.02 Å².